The molecule has 0 fully saturated rings. The molecule has 5 heteroatoms. The average molecular weight is 261 g/mol. The predicted molar refractivity (Wildman–Crippen MR) is 76.3 cm³/mol. The molecule has 0 aliphatic carbocycles. The second-order valence-electron chi connectivity index (χ2n) is 4.30. The molecule has 0 saturated heterocycles. The summed E-state index contributed by atoms with van der Waals surface area (Å²) < 4.78 is 0. The van der Waals surface area contributed by atoms with Crippen molar-refractivity contribution in [2.24, 2.45) is 0 Å². The molecule has 0 aliphatic heterocycles. The number of para-hydroxylation sites is 1. The van der Waals surface area contributed by atoms with Crippen LogP contribution in [-0.2, 0) is 0 Å². The summed E-state index contributed by atoms with van der Waals surface area (Å²) in [6.45, 7) is 7.64. The van der Waals surface area contributed by atoms with Gasteiger partial charge in [-0.25, -0.2) is 4.79 Å². The molecule has 0 radical (unpaired) electrons. The fourth-order valence-corrected chi connectivity index (χ4v) is 1.47. The van der Waals surface area contributed by atoms with E-state index < -0.39 is 0 Å². The molecule has 5 nitrogen and oxygen atoms in total. The number of hydrogen-bond acceptors (Lipinski definition) is 2. The highest BCUT2D eigenvalue weighted by atomic mass is 16.2. The highest BCUT2D eigenvalue weighted by Crippen LogP contribution is 2.14. The summed E-state index contributed by atoms with van der Waals surface area (Å²) in [5.74, 6) is -0.250. The minimum Gasteiger partial charge on any atom is -0.349 e. The van der Waals surface area contributed by atoms with E-state index in [1.807, 2.05) is 13.8 Å². The molecule has 0 atom stereocenters. The van der Waals surface area contributed by atoms with Crippen LogP contribution >= 0.6 is 0 Å². The summed E-state index contributed by atoms with van der Waals surface area (Å²) in [5.41, 5.74) is 0.894. The van der Waals surface area contributed by atoms with Crippen molar-refractivity contribution in [2.75, 3.05) is 11.9 Å². The first-order chi connectivity index (χ1) is 9.04. The van der Waals surface area contributed by atoms with Crippen molar-refractivity contribution in [3.63, 3.8) is 0 Å². The van der Waals surface area contributed by atoms with Crippen LogP contribution in [0.2, 0.25) is 0 Å². The topological polar surface area (TPSA) is 70.2 Å². The minimum atomic E-state index is -0.334. The quantitative estimate of drug-likeness (QED) is 0.711. The van der Waals surface area contributed by atoms with E-state index >= 15 is 0 Å². The number of carbonyl (C=O) groups is 2. The predicted octanol–water partition coefficient (Wildman–Crippen LogP) is 2.13. The molecule has 3 amide bonds. The van der Waals surface area contributed by atoms with Crippen molar-refractivity contribution in [1.82, 2.24) is 10.6 Å². The summed E-state index contributed by atoms with van der Waals surface area (Å²) in [6.07, 6.45) is 1.60. The van der Waals surface area contributed by atoms with E-state index in [1.54, 1.807) is 30.3 Å². The fourth-order valence-electron chi connectivity index (χ4n) is 1.47. The molecule has 0 spiro atoms. The Kier molecular flexibility index (Phi) is 5.60. The van der Waals surface area contributed by atoms with Gasteiger partial charge in [-0.15, -0.1) is 6.58 Å². The van der Waals surface area contributed by atoms with E-state index in [1.165, 1.54) is 0 Å². The molecule has 19 heavy (non-hydrogen) atoms. The monoisotopic (exact) mass is 261 g/mol. The van der Waals surface area contributed by atoms with Gasteiger partial charge >= 0.3 is 6.03 Å². The summed E-state index contributed by atoms with van der Waals surface area (Å²) in [7, 11) is 0. The van der Waals surface area contributed by atoms with Gasteiger partial charge in [0, 0.05) is 12.6 Å². The minimum absolute atomic E-state index is 0.0294. The third-order valence-corrected chi connectivity index (χ3v) is 2.25. The first-order valence-corrected chi connectivity index (χ1v) is 6.10. The average Bonchev–Trinajstić information content (AvgIpc) is 2.35. The lowest BCUT2D eigenvalue weighted by atomic mass is 10.1. The van der Waals surface area contributed by atoms with E-state index in [9.17, 15) is 9.59 Å². The van der Waals surface area contributed by atoms with Crippen molar-refractivity contribution < 1.29 is 9.59 Å². The van der Waals surface area contributed by atoms with Gasteiger partial charge in [0.1, 0.15) is 0 Å². The van der Waals surface area contributed by atoms with Crippen LogP contribution in [0.25, 0.3) is 0 Å². The van der Waals surface area contributed by atoms with Gasteiger partial charge in [-0.1, -0.05) is 18.2 Å². The van der Waals surface area contributed by atoms with Crippen LogP contribution in [0, 0.1) is 0 Å². The molecule has 1 rings (SSSR count). The van der Waals surface area contributed by atoms with Crippen LogP contribution in [0.15, 0.2) is 36.9 Å². The number of hydrogen-bond donors (Lipinski definition) is 3. The van der Waals surface area contributed by atoms with Gasteiger partial charge in [0.15, 0.2) is 0 Å². The second kappa shape index (κ2) is 7.20. The Hall–Kier alpha value is -2.30. The zero-order chi connectivity index (χ0) is 14.3. The normalized spacial score (nSPS) is 9.84. The third kappa shape index (κ3) is 4.83. The summed E-state index contributed by atoms with van der Waals surface area (Å²) in [4.78, 5) is 23.5. The number of carbonyl (C=O) groups excluding carboxylic acids is 2. The Labute approximate surface area is 113 Å². The van der Waals surface area contributed by atoms with Gasteiger partial charge in [0.25, 0.3) is 5.91 Å². The number of rotatable bonds is 5. The van der Waals surface area contributed by atoms with Gasteiger partial charge in [0.05, 0.1) is 11.3 Å². The number of anilines is 1. The molecular formula is C14H19N3O2. The Morgan fingerprint density at radius 1 is 1.32 bits per heavy atom. The van der Waals surface area contributed by atoms with Crippen molar-refractivity contribution in [3.8, 4) is 0 Å². The number of urea groups is 1. The Bertz CT molecular complexity index is 470. The molecular weight excluding hydrogens is 242 g/mol. The summed E-state index contributed by atoms with van der Waals surface area (Å²) in [5, 5.41) is 8.04. The third-order valence-electron chi connectivity index (χ3n) is 2.25. The van der Waals surface area contributed by atoms with Crippen LogP contribution < -0.4 is 16.0 Å². The van der Waals surface area contributed by atoms with Crippen molar-refractivity contribution >= 4 is 17.6 Å². The maximum absolute atomic E-state index is 11.9. The molecule has 0 bridgehead atoms. The van der Waals surface area contributed by atoms with Gasteiger partial charge < -0.3 is 16.0 Å². The second-order valence-corrected chi connectivity index (χ2v) is 4.30. The SMILES string of the molecule is C=CCNC(=O)c1ccccc1NC(=O)NC(C)C. The molecule has 1 aromatic rings. The maximum atomic E-state index is 11.9. The molecule has 0 heterocycles. The van der Waals surface area contributed by atoms with E-state index in [0.29, 0.717) is 17.8 Å². The van der Waals surface area contributed by atoms with Crippen molar-refractivity contribution in [3.05, 3.63) is 42.5 Å². The number of nitrogens with one attached hydrogen (secondary N) is 3. The molecule has 102 valence electrons. The zero-order valence-electron chi connectivity index (χ0n) is 11.2. The Balaban J connectivity index is 2.80. The highest BCUT2D eigenvalue weighted by molar-refractivity contribution is 6.03. The van der Waals surface area contributed by atoms with Gasteiger partial charge in [-0.05, 0) is 26.0 Å². The van der Waals surface area contributed by atoms with Crippen LogP contribution in [0.1, 0.15) is 24.2 Å². The zero-order valence-corrected chi connectivity index (χ0v) is 11.2. The van der Waals surface area contributed by atoms with Crippen molar-refractivity contribution in [2.45, 2.75) is 19.9 Å². The maximum Gasteiger partial charge on any atom is 0.319 e. The van der Waals surface area contributed by atoms with Crippen molar-refractivity contribution in [1.29, 1.82) is 0 Å². The summed E-state index contributed by atoms with van der Waals surface area (Å²) in [6, 6.07) is 6.54. The summed E-state index contributed by atoms with van der Waals surface area (Å²) >= 11 is 0. The first kappa shape index (κ1) is 14.8. The van der Waals surface area contributed by atoms with Gasteiger partial charge in [0.2, 0.25) is 0 Å². The van der Waals surface area contributed by atoms with Gasteiger partial charge in [-0.2, -0.15) is 0 Å². The standard InChI is InChI=1S/C14H19N3O2/c1-4-9-15-13(18)11-7-5-6-8-12(11)17-14(19)16-10(2)3/h4-8,10H,1,9H2,2-3H3,(H,15,18)(H2,16,17,19). The molecule has 0 aliphatic rings. The van der Waals surface area contributed by atoms with E-state index in [4.69, 9.17) is 0 Å². The van der Waals surface area contributed by atoms with Crippen LogP contribution in [0.5, 0.6) is 0 Å². The first-order valence-electron chi connectivity index (χ1n) is 6.10. The molecule has 3 N–H and O–H groups in total. The molecule has 0 aromatic heterocycles. The Morgan fingerprint density at radius 3 is 2.63 bits per heavy atom. The molecule has 1 aromatic carbocycles. The highest BCUT2D eigenvalue weighted by Gasteiger charge is 2.12. The smallest absolute Gasteiger partial charge is 0.319 e. The lowest BCUT2D eigenvalue weighted by molar-refractivity contribution is 0.0959. The van der Waals surface area contributed by atoms with E-state index in [-0.39, 0.29) is 18.0 Å². The number of amides is 3. The largest absolute Gasteiger partial charge is 0.349 e. The van der Waals surface area contributed by atoms with Crippen LogP contribution in [0.4, 0.5) is 10.5 Å². The van der Waals surface area contributed by atoms with E-state index in [0.717, 1.165) is 0 Å². The van der Waals surface area contributed by atoms with Crippen LogP contribution in [0.3, 0.4) is 0 Å². The lowest BCUT2D eigenvalue weighted by Gasteiger charge is -2.13. The van der Waals surface area contributed by atoms with E-state index in [2.05, 4.69) is 22.5 Å². The Morgan fingerprint density at radius 2 is 2.00 bits per heavy atom. The molecule has 0 saturated carbocycles. The van der Waals surface area contributed by atoms with Crippen LogP contribution in [-0.4, -0.2) is 24.5 Å². The fraction of sp³-hybridized carbons (Fsp3) is 0.286. The number of benzene rings is 1. The lowest BCUT2D eigenvalue weighted by Crippen LogP contribution is -2.35. The molecule has 0 unspecified atom stereocenters. The van der Waals surface area contributed by atoms with Gasteiger partial charge in [-0.3, -0.25) is 4.79 Å².